The Morgan fingerprint density at radius 2 is 1.83 bits per heavy atom. The van der Waals surface area contributed by atoms with E-state index in [9.17, 15) is 0 Å². The Morgan fingerprint density at radius 3 is 2.55 bits per heavy atom. The molecule has 3 N–H and O–H groups in total. The van der Waals surface area contributed by atoms with Crippen molar-refractivity contribution in [3.8, 4) is 5.88 Å². The van der Waals surface area contributed by atoms with Crippen molar-refractivity contribution in [2.24, 2.45) is 5.92 Å². The van der Waals surface area contributed by atoms with Gasteiger partial charge in [-0.2, -0.15) is 0 Å². The first-order chi connectivity index (χ1) is 14.2. The van der Waals surface area contributed by atoms with Crippen LogP contribution in [0.25, 0.3) is 10.9 Å². The minimum absolute atomic E-state index is 0.435. The van der Waals surface area contributed by atoms with Gasteiger partial charge in [0.15, 0.2) is 0 Å². The quantitative estimate of drug-likeness (QED) is 0.561. The van der Waals surface area contributed by atoms with E-state index in [1.165, 1.54) is 0 Å². The number of pyridine rings is 2. The summed E-state index contributed by atoms with van der Waals surface area (Å²) in [5.41, 5.74) is 1.71. The zero-order valence-electron chi connectivity index (χ0n) is 16.9. The smallest absolute Gasteiger partial charge is 0.240 e. The van der Waals surface area contributed by atoms with Crippen molar-refractivity contribution in [2.75, 3.05) is 36.7 Å². The molecular formula is C21H27N7O. The second kappa shape index (κ2) is 8.89. The molecule has 1 aliphatic carbocycles. The van der Waals surface area contributed by atoms with Crippen LogP contribution in [0.5, 0.6) is 5.88 Å². The Morgan fingerprint density at radius 1 is 1.03 bits per heavy atom. The van der Waals surface area contributed by atoms with Crippen LogP contribution in [0, 0.1) is 5.92 Å². The van der Waals surface area contributed by atoms with E-state index in [1.807, 2.05) is 19.2 Å². The summed E-state index contributed by atoms with van der Waals surface area (Å²) in [7, 11) is 3.48. The standard InChI is InChI=1S/C21H27N7O/c1-22-17-12-25-21(26-13-17)24-11-14-3-6-16(7-4-14)27-18-8-5-15-9-10-23-20(29-2)19(15)28-18/h5,8-10,12-14,16,22H,3-4,6-7,11H2,1-2H3,(H,27,28)(H,24,25,26). The summed E-state index contributed by atoms with van der Waals surface area (Å²) >= 11 is 0. The number of methoxy groups -OCH3 is 1. The summed E-state index contributed by atoms with van der Waals surface area (Å²) in [4.78, 5) is 17.6. The van der Waals surface area contributed by atoms with Gasteiger partial charge in [-0.1, -0.05) is 0 Å². The molecule has 0 bridgehead atoms. The van der Waals surface area contributed by atoms with Crippen LogP contribution < -0.4 is 20.7 Å². The molecule has 1 aliphatic rings. The minimum atomic E-state index is 0.435. The van der Waals surface area contributed by atoms with Crippen LogP contribution in [0.15, 0.2) is 36.8 Å². The molecule has 8 nitrogen and oxygen atoms in total. The average molecular weight is 393 g/mol. The highest BCUT2D eigenvalue weighted by Gasteiger charge is 2.21. The topological polar surface area (TPSA) is 96.9 Å². The Kier molecular flexibility index (Phi) is 5.88. The van der Waals surface area contributed by atoms with Crippen LogP contribution in [0.2, 0.25) is 0 Å². The number of fused-ring (bicyclic) bond motifs is 1. The first-order valence-electron chi connectivity index (χ1n) is 10.0. The van der Waals surface area contributed by atoms with Gasteiger partial charge in [0.05, 0.1) is 25.2 Å². The third kappa shape index (κ3) is 4.64. The average Bonchev–Trinajstić information content (AvgIpc) is 2.78. The fraction of sp³-hybridized carbons (Fsp3) is 0.429. The molecule has 0 amide bonds. The van der Waals surface area contributed by atoms with Crippen molar-refractivity contribution < 1.29 is 4.74 Å². The zero-order valence-corrected chi connectivity index (χ0v) is 16.9. The lowest BCUT2D eigenvalue weighted by Gasteiger charge is -2.29. The van der Waals surface area contributed by atoms with Crippen molar-refractivity contribution in [1.82, 2.24) is 19.9 Å². The Bertz CT molecular complexity index is 939. The van der Waals surface area contributed by atoms with E-state index in [2.05, 4.69) is 37.0 Å². The van der Waals surface area contributed by atoms with Gasteiger partial charge in [-0.25, -0.2) is 19.9 Å². The number of nitrogens with zero attached hydrogens (tertiary/aromatic N) is 4. The van der Waals surface area contributed by atoms with E-state index in [0.29, 0.717) is 23.8 Å². The SMILES string of the molecule is CNc1cnc(NCC2CCC(Nc3ccc4ccnc(OC)c4n3)CC2)nc1. The predicted octanol–water partition coefficient (Wildman–Crippen LogP) is 3.55. The molecule has 0 spiro atoms. The van der Waals surface area contributed by atoms with Gasteiger partial charge in [0.2, 0.25) is 11.8 Å². The van der Waals surface area contributed by atoms with Gasteiger partial charge in [0, 0.05) is 31.2 Å². The highest BCUT2D eigenvalue weighted by Crippen LogP contribution is 2.28. The van der Waals surface area contributed by atoms with Gasteiger partial charge in [-0.15, -0.1) is 0 Å². The molecule has 4 rings (SSSR count). The fourth-order valence-electron chi connectivity index (χ4n) is 3.76. The molecule has 3 aromatic heterocycles. The van der Waals surface area contributed by atoms with E-state index < -0.39 is 0 Å². The van der Waals surface area contributed by atoms with Crippen LogP contribution in [0.3, 0.4) is 0 Å². The largest absolute Gasteiger partial charge is 0.479 e. The summed E-state index contributed by atoms with van der Waals surface area (Å²) in [5.74, 6) is 2.76. The molecule has 29 heavy (non-hydrogen) atoms. The zero-order chi connectivity index (χ0) is 20.1. The van der Waals surface area contributed by atoms with Crippen molar-refractivity contribution in [3.63, 3.8) is 0 Å². The fourth-order valence-corrected chi connectivity index (χ4v) is 3.76. The van der Waals surface area contributed by atoms with Crippen LogP contribution >= 0.6 is 0 Å². The lowest BCUT2D eigenvalue weighted by molar-refractivity contribution is 0.350. The molecule has 152 valence electrons. The van der Waals surface area contributed by atoms with Gasteiger partial charge in [0.1, 0.15) is 11.3 Å². The summed E-state index contributed by atoms with van der Waals surface area (Å²) in [6, 6.07) is 6.47. The van der Waals surface area contributed by atoms with E-state index in [0.717, 1.165) is 54.6 Å². The number of hydrogen-bond donors (Lipinski definition) is 3. The molecule has 1 saturated carbocycles. The number of ether oxygens (including phenoxy) is 1. The number of rotatable bonds is 7. The van der Waals surface area contributed by atoms with Gasteiger partial charge in [-0.05, 0) is 49.8 Å². The van der Waals surface area contributed by atoms with Gasteiger partial charge in [-0.3, -0.25) is 0 Å². The molecule has 1 fully saturated rings. The Balaban J connectivity index is 1.29. The second-order valence-electron chi connectivity index (χ2n) is 7.38. The first kappa shape index (κ1) is 19.2. The molecule has 8 heteroatoms. The Hall–Kier alpha value is -3.16. The second-order valence-corrected chi connectivity index (χ2v) is 7.38. The highest BCUT2D eigenvalue weighted by atomic mass is 16.5. The van der Waals surface area contributed by atoms with E-state index >= 15 is 0 Å². The van der Waals surface area contributed by atoms with Crippen LogP contribution in [-0.4, -0.2) is 46.7 Å². The predicted molar refractivity (Wildman–Crippen MR) is 116 cm³/mol. The lowest BCUT2D eigenvalue weighted by Crippen LogP contribution is -2.29. The lowest BCUT2D eigenvalue weighted by atomic mass is 9.86. The van der Waals surface area contributed by atoms with Gasteiger partial charge < -0.3 is 20.7 Å². The minimum Gasteiger partial charge on any atom is -0.479 e. The summed E-state index contributed by atoms with van der Waals surface area (Å²) in [6.45, 7) is 0.905. The maximum atomic E-state index is 5.34. The van der Waals surface area contributed by atoms with Gasteiger partial charge >= 0.3 is 0 Å². The molecule has 0 unspecified atom stereocenters. The molecule has 0 atom stereocenters. The van der Waals surface area contributed by atoms with Crippen molar-refractivity contribution >= 4 is 28.4 Å². The molecule has 3 heterocycles. The van der Waals surface area contributed by atoms with Crippen LogP contribution in [-0.2, 0) is 0 Å². The van der Waals surface area contributed by atoms with E-state index in [4.69, 9.17) is 9.72 Å². The van der Waals surface area contributed by atoms with Gasteiger partial charge in [0.25, 0.3) is 0 Å². The maximum absolute atomic E-state index is 5.34. The first-order valence-corrected chi connectivity index (χ1v) is 10.0. The number of aromatic nitrogens is 4. The van der Waals surface area contributed by atoms with E-state index in [-0.39, 0.29) is 0 Å². The highest BCUT2D eigenvalue weighted by molar-refractivity contribution is 5.84. The number of nitrogens with one attached hydrogen (secondary N) is 3. The van der Waals surface area contributed by atoms with Crippen molar-refractivity contribution in [1.29, 1.82) is 0 Å². The normalized spacial score (nSPS) is 19.0. The number of anilines is 3. The maximum Gasteiger partial charge on any atom is 0.240 e. The molecule has 0 aliphatic heterocycles. The molecular weight excluding hydrogens is 366 g/mol. The molecule has 0 aromatic carbocycles. The van der Waals surface area contributed by atoms with E-state index in [1.54, 1.807) is 25.7 Å². The molecule has 3 aromatic rings. The van der Waals surface area contributed by atoms with Crippen LogP contribution in [0.1, 0.15) is 25.7 Å². The van der Waals surface area contributed by atoms with Crippen LogP contribution in [0.4, 0.5) is 17.5 Å². The number of hydrogen-bond acceptors (Lipinski definition) is 8. The third-order valence-electron chi connectivity index (χ3n) is 5.46. The monoisotopic (exact) mass is 393 g/mol. The van der Waals surface area contributed by atoms with Crippen molar-refractivity contribution in [2.45, 2.75) is 31.7 Å². The summed E-state index contributed by atoms with van der Waals surface area (Å²) in [5, 5.41) is 11.0. The van der Waals surface area contributed by atoms with Crippen molar-refractivity contribution in [3.05, 3.63) is 36.8 Å². The molecule has 0 radical (unpaired) electrons. The summed E-state index contributed by atoms with van der Waals surface area (Å²) in [6.07, 6.45) is 9.89. The molecule has 0 saturated heterocycles. The Labute approximate surface area is 170 Å². The summed E-state index contributed by atoms with van der Waals surface area (Å²) < 4.78 is 5.34. The third-order valence-corrected chi connectivity index (χ3v) is 5.46.